The molecule has 4 aromatic rings. The summed E-state index contributed by atoms with van der Waals surface area (Å²) in [5.41, 5.74) is 3.38. The van der Waals surface area contributed by atoms with E-state index in [1.54, 1.807) is 11.6 Å². The number of hydrogen-bond acceptors (Lipinski definition) is 8. The van der Waals surface area contributed by atoms with Gasteiger partial charge in [-0.25, -0.2) is 0 Å². The molecule has 0 bridgehead atoms. The molecule has 5 rings (SSSR count). The highest BCUT2D eigenvalue weighted by Crippen LogP contribution is 2.35. The highest BCUT2D eigenvalue weighted by atomic mass is 32.2. The Morgan fingerprint density at radius 2 is 1.94 bits per heavy atom. The van der Waals surface area contributed by atoms with E-state index in [2.05, 4.69) is 20.6 Å². The van der Waals surface area contributed by atoms with Gasteiger partial charge in [-0.15, -0.1) is 10.2 Å². The van der Waals surface area contributed by atoms with Crippen molar-refractivity contribution in [2.75, 3.05) is 26.2 Å². The molecule has 2 aromatic carbocycles. The predicted molar refractivity (Wildman–Crippen MR) is 123 cm³/mol. The normalized spacial score (nSPS) is 12.2. The van der Waals surface area contributed by atoms with Crippen LogP contribution in [-0.4, -0.2) is 51.9 Å². The lowest BCUT2D eigenvalue weighted by atomic mass is 10.1. The van der Waals surface area contributed by atoms with Crippen molar-refractivity contribution in [1.82, 2.24) is 25.1 Å². The van der Waals surface area contributed by atoms with Crippen molar-refractivity contribution in [3.63, 3.8) is 0 Å². The summed E-state index contributed by atoms with van der Waals surface area (Å²) in [5.74, 6) is 2.38. The number of ether oxygens (including phenoxy) is 3. The number of nitrogens with zero attached hydrogens (tertiary/aromatic N) is 4. The van der Waals surface area contributed by atoms with E-state index in [-0.39, 0.29) is 18.5 Å². The Bertz CT molecular complexity index is 1290. The highest BCUT2D eigenvalue weighted by molar-refractivity contribution is 7.99. The fraction of sp³-hybridized carbons (Fsp3) is 0.217. The third-order valence-corrected chi connectivity index (χ3v) is 6.05. The number of benzene rings is 2. The summed E-state index contributed by atoms with van der Waals surface area (Å²) in [5, 5.41) is 16.5. The summed E-state index contributed by atoms with van der Waals surface area (Å²) in [7, 11) is 1.64. The van der Waals surface area contributed by atoms with Gasteiger partial charge in [-0.1, -0.05) is 23.9 Å². The molecule has 1 N–H and O–H groups in total. The molecule has 0 radical (unpaired) electrons. The second-order valence-electron chi connectivity index (χ2n) is 7.28. The molecule has 9 nitrogen and oxygen atoms in total. The van der Waals surface area contributed by atoms with Crippen molar-refractivity contribution < 1.29 is 19.0 Å². The maximum atomic E-state index is 12.3. The van der Waals surface area contributed by atoms with Crippen LogP contribution in [0.1, 0.15) is 5.56 Å². The largest absolute Gasteiger partial charge is 0.497 e. The number of methoxy groups -OCH3 is 1. The smallest absolute Gasteiger partial charge is 0.231 e. The number of thioether (sulfide) groups is 1. The SMILES string of the molecule is COc1ccc(CCNC(=O)CSc2nnc3ccc(-c4ccc5c(c4)OCO5)nn23)cc1. The van der Waals surface area contributed by atoms with Gasteiger partial charge in [0.05, 0.1) is 18.6 Å². The van der Waals surface area contributed by atoms with Crippen LogP contribution in [0, 0.1) is 0 Å². The second kappa shape index (κ2) is 9.37. The highest BCUT2D eigenvalue weighted by Gasteiger charge is 2.16. The quantitative estimate of drug-likeness (QED) is 0.398. The van der Waals surface area contributed by atoms with Crippen LogP contribution in [0.15, 0.2) is 59.8 Å². The molecule has 3 heterocycles. The maximum absolute atomic E-state index is 12.3. The summed E-state index contributed by atoms with van der Waals surface area (Å²) in [6.45, 7) is 0.776. The molecule has 1 aliphatic heterocycles. The van der Waals surface area contributed by atoms with Gasteiger partial charge in [0.2, 0.25) is 17.9 Å². The molecule has 10 heteroatoms. The average molecular weight is 464 g/mol. The number of nitrogens with one attached hydrogen (secondary N) is 1. The van der Waals surface area contributed by atoms with Gasteiger partial charge in [-0.05, 0) is 54.4 Å². The number of carbonyl (C=O) groups excluding carboxylic acids is 1. The summed E-state index contributed by atoms with van der Waals surface area (Å²) >= 11 is 1.29. The molecule has 1 aliphatic rings. The molecule has 168 valence electrons. The number of carbonyl (C=O) groups is 1. The van der Waals surface area contributed by atoms with E-state index in [4.69, 9.17) is 14.2 Å². The van der Waals surface area contributed by atoms with Crippen molar-refractivity contribution in [3.05, 3.63) is 60.2 Å². The summed E-state index contributed by atoms with van der Waals surface area (Å²) in [4.78, 5) is 12.3. The number of aromatic nitrogens is 4. The van der Waals surface area contributed by atoms with E-state index in [0.29, 0.717) is 23.1 Å². The zero-order valence-electron chi connectivity index (χ0n) is 17.9. The molecule has 0 saturated carbocycles. The van der Waals surface area contributed by atoms with E-state index in [1.807, 2.05) is 54.6 Å². The maximum Gasteiger partial charge on any atom is 0.231 e. The minimum Gasteiger partial charge on any atom is -0.497 e. The number of amides is 1. The van der Waals surface area contributed by atoms with Crippen molar-refractivity contribution in [1.29, 1.82) is 0 Å². The van der Waals surface area contributed by atoms with Crippen molar-refractivity contribution in [3.8, 4) is 28.5 Å². The number of hydrogen-bond donors (Lipinski definition) is 1. The van der Waals surface area contributed by atoms with E-state index >= 15 is 0 Å². The Hall–Kier alpha value is -3.79. The Morgan fingerprint density at radius 3 is 2.79 bits per heavy atom. The summed E-state index contributed by atoms with van der Waals surface area (Å²) < 4.78 is 17.6. The molecule has 0 fully saturated rings. The van der Waals surface area contributed by atoms with Crippen LogP contribution in [-0.2, 0) is 11.2 Å². The van der Waals surface area contributed by atoms with Crippen LogP contribution in [0.25, 0.3) is 16.9 Å². The van der Waals surface area contributed by atoms with E-state index < -0.39 is 0 Å². The van der Waals surface area contributed by atoms with E-state index in [1.165, 1.54) is 11.8 Å². The van der Waals surface area contributed by atoms with Crippen LogP contribution in [0.4, 0.5) is 0 Å². The zero-order valence-corrected chi connectivity index (χ0v) is 18.7. The Labute approximate surface area is 194 Å². The Morgan fingerprint density at radius 1 is 1.09 bits per heavy atom. The van der Waals surface area contributed by atoms with Crippen LogP contribution in [0.5, 0.6) is 17.2 Å². The molecule has 0 aliphatic carbocycles. The molecule has 33 heavy (non-hydrogen) atoms. The molecule has 0 spiro atoms. The van der Waals surface area contributed by atoms with Gasteiger partial charge in [0.1, 0.15) is 5.75 Å². The standard InChI is InChI=1S/C23H21N5O4S/c1-30-17-5-2-15(3-6-17)10-11-24-22(29)13-33-23-26-25-21-9-7-18(27-28(21)23)16-4-8-19-20(12-16)32-14-31-19/h2-9,12H,10-11,13-14H2,1H3,(H,24,29). The lowest BCUT2D eigenvalue weighted by molar-refractivity contribution is -0.118. The van der Waals surface area contributed by atoms with Crippen LogP contribution in [0.3, 0.4) is 0 Å². The molecular formula is C23H21N5O4S. The zero-order chi connectivity index (χ0) is 22.6. The number of rotatable bonds is 8. The first kappa shape index (κ1) is 21.1. The monoisotopic (exact) mass is 463 g/mol. The lowest BCUT2D eigenvalue weighted by Crippen LogP contribution is -2.27. The molecule has 0 atom stereocenters. The molecule has 2 aromatic heterocycles. The second-order valence-corrected chi connectivity index (χ2v) is 8.22. The summed E-state index contributed by atoms with van der Waals surface area (Å²) in [6.07, 6.45) is 0.745. The molecule has 0 unspecified atom stereocenters. The Kier molecular flexibility index (Phi) is 5.99. The van der Waals surface area contributed by atoms with E-state index in [0.717, 1.165) is 34.7 Å². The van der Waals surface area contributed by atoms with Crippen LogP contribution >= 0.6 is 11.8 Å². The van der Waals surface area contributed by atoms with Gasteiger partial charge < -0.3 is 19.5 Å². The van der Waals surface area contributed by atoms with Crippen molar-refractivity contribution in [2.45, 2.75) is 11.6 Å². The van der Waals surface area contributed by atoms with E-state index in [9.17, 15) is 4.79 Å². The fourth-order valence-electron chi connectivity index (χ4n) is 3.39. The van der Waals surface area contributed by atoms with Crippen molar-refractivity contribution >= 4 is 23.3 Å². The van der Waals surface area contributed by atoms with Crippen LogP contribution < -0.4 is 19.5 Å². The fourth-order valence-corrected chi connectivity index (χ4v) is 4.11. The van der Waals surface area contributed by atoms with Crippen LogP contribution in [0.2, 0.25) is 0 Å². The molecular weight excluding hydrogens is 442 g/mol. The van der Waals surface area contributed by atoms with Gasteiger partial charge in [0.25, 0.3) is 0 Å². The summed E-state index contributed by atoms with van der Waals surface area (Å²) in [6, 6.07) is 17.2. The minimum absolute atomic E-state index is 0.0720. The molecule has 1 amide bonds. The number of fused-ring (bicyclic) bond motifs is 2. The van der Waals surface area contributed by atoms with Gasteiger partial charge in [-0.2, -0.15) is 9.61 Å². The lowest BCUT2D eigenvalue weighted by Gasteiger charge is -2.06. The minimum atomic E-state index is -0.0720. The molecule has 0 saturated heterocycles. The van der Waals surface area contributed by atoms with Gasteiger partial charge >= 0.3 is 0 Å². The van der Waals surface area contributed by atoms with Crippen molar-refractivity contribution in [2.24, 2.45) is 0 Å². The van der Waals surface area contributed by atoms with Gasteiger partial charge in [-0.3, -0.25) is 4.79 Å². The predicted octanol–water partition coefficient (Wildman–Crippen LogP) is 2.98. The third kappa shape index (κ3) is 4.70. The van der Waals surface area contributed by atoms with Gasteiger partial charge in [0, 0.05) is 12.1 Å². The van der Waals surface area contributed by atoms with Gasteiger partial charge in [0.15, 0.2) is 17.1 Å². The first-order valence-corrected chi connectivity index (χ1v) is 11.3. The average Bonchev–Trinajstić information content (AvgIpc) is 3.49. The first-order chi connectivity index (χ1) is 16.2. The Balaban J connectivity index is 1.20. The topological polar surface area (TPSA) is 99.9 Å². The first-order valence-electron chi connectivity index (χ1n) is 10.3. The third-order valence-electron chi connectivity index (χ3n) is 5.13.